The summed E-state index contributed by atoms with van der Waals surface area (Å²) in [5.74, 6) is -0.240. The molecule has 1 atom stereocenters. The van der Waals surface area contributed by atoms with Gasteiger partial charge in [0.25, 0.3) is 0 Å². The maximum absolute atomic E-state index is 12.9. The van der Waals surface area contributed by atoms with E-state index in [4.69, 9.17) is 12.1 Å². The number of nitrogens with zero attached hydrogens (tertiary/aromatic N) is 5. The molecule has 2 aromatic rings. The fraction of sp³-hybridized carbons (Fsp3) is 0.263. The average molecular weight is 333 g/mol. The summed E-state index contributed by atoms with van der Waals surface area (Å²) in [7, 11) is 0. The summed E-state index contributed by atoms with van der Waals surface area (Å²) in [6.45, 7) is 8.29. The monoisotopic (exact) mass is 333 g/mol. The van der Waals surface area contributed by atoms with E-state index in [2.05, 4.69) is 14.9 Å². The molecule has 0 heterocycles. The Morgan fingerprint density at radius 2 is 1.68 bits per heavy atom. The van der Waals surface area contributed by atoms with Crippen molar-refractivity contribution in [3.8, 4) is 0 Å². The van der Waals surface area contributed by atoms with E-state index in [-0.39, 0.29) is 12.5 Å². The molecule has 0 fully saturated rings. The van der Waals surface area contributed by atoms with Crippen LogP contribution in [0.25, 0.3) is 15.3 Å². The zero-order valence-electron chi connectivity index (χ0n) is 13.8. The smallest absolute Gasteiger partial charge is 0.306 e. The lowest BCUT2D eigenvalue weighted by Gasteiger charge is -2.22. The van der Waals surface area contributed by atoms with Crippen LogP contribution in [0.2, 0.25) is 0 Å². The number of hydrogen-bond acceptors (Lipinski definition) is 2. The first kappa shape index (κ1) is 18.1. The molecule has 0 aliphatic rings. The van der Waals surface area contributed by atoms with E-state index in [0.29, 0.717) is 19.5 Å². The van der Waals surface area contributed by atoms with Gasteiger partial charge < -0.3 is 9.74 Å². The van der Waals surface area contributed by atoms with Gasteiger partial charge in [-0.05, 0) is 16.7 Å². The number of rotatable bonds is 8. The molecule has 0 saturated heterocycles. The van der Waals surface area contributed by atoms with Crippen LogP contribution < -0.4 is 0 Å². The fourth-order valence-electron chi connectivity index (χ4n) is 2.52. The third kappa shape index (κ3) is 5.69. The van der Waals surface area contributed by atoms with Gasteiger partial charge in [-0.1, -0.05) is 65.8 Å². The van der Waals surface area contributed by atoms with E-state index in [0.717, 1.165) is 11.1 Å². The number of benzene rings is 2. The minimum absolute atomic E-state index is 0.186. The lowest BCUT2D eigenvalue weighted by molar-refractivity contribution is -0.132. The summed E-state index contributed by atoms with van der Waals surface area (Å²) in [5.41, 5.74) is 10.4. The molecule has 0 aliphatic heterocycles. The standard InChI is InChI=1S/C19H19N5O/c1-21-18(14-16-8-4-2-5-9-16)19(25)24(13-12-22-23-20)15-17-10-6-3-7-11-17/h2-11,18H,12-15H2. The Kier molecular flexibility index (Phi) is 7.05. The van der Waals surface area contributed by atoms with Gasteiger partial charge in [0.15, 0.2) is 0 Å². The van der Waals surface area contributed by atoms with Crippen LogP contribution >= 0.6 is 0 Å². The molecule has 0 aliphatic carbocycles. The Morgan fingerprint density at radius 3 is 2.24 bits per heavy atom. The number of azide groups is 1. The molecule has 2 rings (SSSR count). The molecule has 0 spiro atoms. The molecule has 0 bridgehead atoms. The third-order valence-electron chi connectivity index (χ3n) is 3.77. The highest BCUT2D eigenvalue weighted by Crippen LogP contribution is 2.12. The van der Waals surface area contributed by atoms with Crippen molar-refractivity contribution in [2.75, 3.05) is 13.1 Å². The maximum atomic E-state index is 12.9. The Bertz CT molecular complexity index is 763. The fourth-order valence-corrected chi connectivity index (χ4v) is 2.52. The lowest BCUT2D eigenvalue weighted by Crippen LogP contribution is -2.39. The van der Waals surface area contributed by atoms with Crippen molar-refractivity contribution in [1.29, 1.82) is 0 Å². The van der Waals surface area contributed by atoms with Crippen LogP contribution in [-0.4, -0.2) is 29.9 Å². The van der Waals surface area contributed by atoms with Crippen molar-refractivity contribution >= 4 is 5.91 Å². The molecule has 1 amide bonds. The quantitative estimate of drug-likeness (QED) is 0.313. The van der Waals surface area contributed by atoms with Crippen LogP contribution in [-0.2, 0) is 17.8 Å². The van der Waals surface area contributed by atoms with Gasteiger partial charge in [0, 0.05) is 24.5 Å². The van der Waals surface area contributed by atoms with E-state index in [1.807, 2.05) is 60.7 Å². The summed E-state index contributed by atoms with van der Waals surface area (Å²) in [6.07, 6.45) is 0.371. The van der Waals surface area contributed by atoms with Crippen LogP contribution in [0.15, 0.2) is 65.8 Å². The molecule has 126 valence electrons. The first-order valence-electron chi connectivity index (χ1n) is 7.98. The molecule has 0 radical (unpaired) electrons. The minimum atomic E-state index is -0.780. The summed E-state index contributed by atoms with van der Waals surface area (Å²) in [4.78, 5) is 20.7. The van der Waals surface area contributed by atoms with E-state index >= 15 is 0 Å². The summed E-state index contributed by atoms with van der Waals surface area (Å²) in [6, 6.07) is 18.3. The summed E-state index contributed by atoms with van der Waals surface area (Å²) < 4.78 is 0. The topological polar surface area (TPSA) is 73.4 Å². The number of amides is 1. The van der Waals surface area contributed by atoms with Crippen LogP contribution in [0.3, 0.4) is 0 Å². The molecule has 25 heavy (non-hydrogen) atoms. The highest BCUT2D eigenvalue weighted by atomic mass is 16.2. The predicted molar refractivity (Wildman–Crippen MR) is 96.4 cm³/mol. The first-order valence-corrected chi connectivity index (χ1v) is 7.98. The molecular weight excluding hydrogens is 314 g/mol. The number of hydrogen-bond donors (Lipinski definition) is 0. The van der Waals surface area contributed by atoms with Crippen LogP contribution in [0.5, 0.6) is 0 Å². The Labute approximate surface area is 147 Å². The second-order valence-electron chi connectivity index (χ2n) is 5.53. The maximum Gasteiger partial charge on any atom is 0.306 e. The second-order valence-corrected chi connectivity index (χ2v) is 5.53. The second kappa shape index (κ2) is 9.76. The molecular formula is C19H19N5O. The highest BCUT2D eigenvalue weighted by Gasteiger charge is 2.29. The first-order chi connectivity index (χ1) is 12.2. The molecule has 0 saturated carbocycles. The Hall–Kier alpha value is -3.29. The number of carbonyl (C=O) groups is 1. The Morgan fingerprint density at radius 1 is 1.08 bits per heavy atom. The summed E-state index contributed by atoms with van der Waals surface area (Å²) >= 11 is 0. The number of carbonyl (C=O) groups excluding carboxylic acids is 1. The van der Waals surface area contributed by atoms with Crippen LogP contribution in [0.4, 0.5) is 0 Å². The van der Waals surface area contributed by atoms with Crippen molar-refractivity contribution in [3.63, 3.8) is 0 Å². The van der Waals surface area contributed by atoms with E-state index in [9.17, 15) is 4.79 Å². The largest absolute Gasteiger partial charge is 0.332 e. The molecule has 0 N–H and O–H groups in total. The SMILES string of the molecule is [C-]#[N+]C(Cc1ccccc1)C(=O)N(CCN=[N+]=[N-])Cc1ccccc1. The van der Waals surface area contributed by atoms with E-state index in [1.165, 1.54) is 0 Å². The zero-order valence-corrected chi connectivity index (χ0v) is 13.8. The van der Waals surface area contributed by atoms with Crippen LogP contribution in [0.1, 0.15) is 11.1 Å². The molecule has 6 heteroatoms. The van der Waals surface area contributed by atoms with Crippen molar-refractivity contribution in [1.82, 2.24) is 4.90 Å². The van der Waals surface area contributed by atoms with Crippen molar-refractivity contribution in [2.45, 2.75) is 19.0 Å². The lowest BCUT2D eigenvalue weighted by atomic mass is 10.0. The Balaban J connectivity index is 2.13. The van der Waals surface area contributed by atoms with Gasteiger partial charge >= 0.3 is 11.9 Å². The average Bonchev–Trinajstić information content (AvgIpc) is 2.66. The molecule has 2 aromatic carbocycles. The van der Waals surface area contributed by atoms with Gasteiger partial charge in [0.2, 0.25) is 0 Å². The molecule has 1 unspecified atom stereocenters. The van der Waals surface area contributed by atoms with E-state index < -0.39 is 6.04 Å². The van der Waals surface area contributed by atoms with Gasteiger partial charge in [-0.15, -0.1) is 0 Å². The molecule has 0 aromatic heterocycles. The van der Waals surface area contributed by atoms with Gasteiger partial charge in [-0.25, -0.2) is 6.57 Å². The van der Waals surface area contributed by atoms with Gasteiger partial charge in [0.05, 0.1) is 6.42 Å². The van der Waals surface area contributed by atoms with Gasteiger partial charge in [-0.2, -0.15) is 0 Å². The zero-order chi connectivity index (χ0) is 17.9. The highest BCUT2D eigenvalue weighted by molar-refractivity contribution is 5.84. The summed E-state index contributed by atoms with van der Waals surface area (Å²) in [5, 5.41) is 3.51. The van der Waals surface area contributed by atoms with Crippen molar-refractivity contribution in [3.05, 3.63) is 93.7 Å². The van der Waals surface area contributed by atoms with Crippen molar-refractivity contribution in [2.24, 2.45) is 5.11 Å². The van der Waals surface area contributed by atoms with Crippen LogP contribution in [0, 0.1) is 6.57 Å². The third-order valence-corrected chi connectivity index (χ3v) is 3.77. The van der Waals surface area contributed by atoms with Gasteiger partial charge in [-0.3, -0.25) is 4.79 Å². The van der Waals surface area contributed by atoms with Gasteiger partial charge in [0.1, 0.15) is 0 Å². The van der Waals surface area contributed by atoms with E-state index in [1.54, 1.807) is 4.90 Å². The predicted octanol–water partition coefficient (Wildman–Crippen LogP) is 3.86. The van der Waals surface area contributed by atoms with Crippen molar-refractivity contribution < 1.29 is 4.79 Å². The molecule has 6 nitrogen and oxygen atoms in total. The normalized spacial score (nSPS) is 11.0. The minimum Gasteiger partial charge on any atom is -0.332 e.